The zero-order valence-electron chi connectivity index (χ0n) is 14.6. The number of hydrogen-bond acceptors (Lipinski definition) is 6. The van der Waals surface area contributed by atoms with E-state index >= 15 is 0 Å². The number of aromatic nitrogens is 2. The quantitative estimate of drug-likeness (QED) is 0.885. The van der Waals surface area contributed by atoms with Crippen LogP contribution >= 0.6 is 0 Å². The molecular formula is C18H21N3O4S. The van der Waals surface area contributed by atoms with Crippen molar-refractivity contribution in [1.82, 2.24) is 14.9 Å². The fourth-order valence-corrected chi connectivity index (χ4v) is 6.39. The monoisotopic (exact) mass is 375 g/mol. The largest absolute Gasteiger partial charge is 0.336 e. The fourth-order valence-electron chi connectivity index (χ4n) is 5.38. The Morgan fingerprint density at radius 2 is 2.00 bits per heavy atom. The van der Waals surface area contributed by atoms with Crippen molar-refractivity contribution in [3.63, 3.8) is 0 Å². The Morgan fingerprint density at radius 1 is 1.27 bits per heavy atom. The number of sulfonamides is 1. The van der Waals surface area contributed by atoms with Gasteiger partial charge in [0.2, 0.25) is 5.91 Å². The van der Waals surface area contributed by atoms with Gasteiger partial charge in [0.15, 0.2) is 0 Å². The molecule has 5 rings (SSSR count). The molecule has 0 atom stereocenters. The first-order valence-corrected chi connectivity index (χ1v) is 10.6. The number of hydrogen-bond donors (Lipinski definition) is 1. The van der Waals surface area contributed by atoms with E-state index in [0.717, 1.165) is 12.8 Å². The molecule has 0 saturated heterocycles. The molecule has 7 nitrogen and oxygen atoms in total. The van der Waals surface area contributed by atoms with Crippen LogP contribution in [0.5, 0.6) is 0 Å². The molecule has 8 heteroatoms. The SMILES string of the molecule is Cc1noc2ncc(S(=O)(=O)NC(=O)C3CC4(C3)CC3(CCC3)C4)cc12. The van der Waals surface area contributed by atoms with E-state index in [1.807, 2.05) is 0 Å². The van der Waals surface area contributed by atoms with Crippen molar-refractivity contribution < 1.29 is 17.7 Å². The molecule has 3 aliphatic carbocycles. The number of rotatable bonds is 3. The molecule has 1 amide bonds. The van der Waals surface area contributed by atoms with Crippen LogP contribution in [0.2, 0.25) is 0 Å². The van der Waals surface area contributed by atoms with E-state index in [4.69, 9.17) is 4.52 Å². The molecule has 0 radical (unpaired) electrons. The van der Waals surface area contributed by atoms with Crippen molar-refractivity contribution in [2.24, 2.45) is 16.7 Å². The van der Waals surface area contributed by atoms with E-state index in [9.17, 15) is 13.2 Å². The van der Waals surface area contributed by atoms with Crippen LogP contribution in [0.3, 0.4) is 0 Å². The minimum absolute atomic E-state index is 0.0456. The Kier molecular flexibility index (Phi) is 3.16. The third-order valence-electron chi connectivity index (χ3n) is 6.67. The van der Waals surface area contributed by atoms with Crippen molar-refractivity contribution in [1.29, 1.82) is 0 Å². The molecule has 2 aromatic rings. The van der Waals surface area contributed by atoms with E-state index in [2.05, 4.69) is 14.9 Å². The van der Waals surface area contributed by atoms with Gasteiger partial charge in [0.1, 0.15) is 4.90 Å². The number of nitrogens with zero attached hydrogens (tertiary/aromatic N) is 2. The summed E-state index contributed by atoms with van der Waals surface area (Å²) < 4.78 is 32.3. The van der Waals surface area contributed by atoms with Gasteiger partial charge < -0.3 is 4.52 Å². The molecule has 3 saturated carbocycles. The molecule has 3 fully saturated rings. The molecule has 0 aliphatic heterocycles. The van der Waals surface area contributed by atoms with Crippen molar-refractivity contribution in [2.75, 3.05) is 0 Å². The van der Waals surface area contributed by atoms with Gasteiger partial charge in [-0.15, -0.1) is 0 Å². The lowest BCUT2D eigenvalue weighted by Crippen LogP contribution is -2.58. The van der Waals surface area contributed by atoms with Crippen LogP contribution < -0.4 is 4.72 Å². The zero-order valence-corrected chi connectivity index (χ0v) is 15.4. The summed E-state index contributed by atoms with van der Waals surface area (Å²) in [6.07, 6.45) is 9.28. The molecule has 0 unspecified atom stereocenters. The highest BCUT2D eigenvalue weighted by Gasteiger charge is 2.62. The first-order valence-electron chi connectivity index (χ1n) is 9.09. The van der Waals surface area contributed by atoms with Gasteiger partial charge in [-0.3, -0.25) is 4.79 Å². The molecule has 2 spiro atoms. The normalized spacial score (nSPS) is 23.4. The first-order chi connectivity index (χ1) is 12.3. The number of pyridine rings is 1. The van der Waals surface area contributed by atoms with E-state index in [-0.39, 0.29) is 16.5 Å². The predicted molar refractivity (Wildman–Crippen MR) is 92.5 cm³/mol. The fraction of sp³-hybridized carbons (Fsp3) is 0.611. The Morgan fingerprint density at radius 3 is 2.65 bits per heavy atom. The lowest BCUT2D eigenvalue weighted by Gasteiger charge is -2.66. The van der Waals surface area contributed by atoms with Crippen LogP contribution in [0.4, 0.5) is 0 Å². The van der Waals surface area contributed by atoms with Gasteiger partial charge in [-0.05, 0) is 62.3 Å². The summed E-state index contributed by atoms with van der Waals surface area (Å²) in [7, 11) is -3.94. The number of carbonyl (C=O) groups is 1. The summed E-state index contributed by atoms with van der Waals surface area (Å²) in [4.78, 5) is 16.4. The molecule has 1 N–H and O–H groups in total. The van der Waals surface area contributed by atoms with Gasteiger partial charge in [-0.2, -0.15) is 0 Å². The minimum Gasteiger partial charge on any atom is -0.336 e. The first kappa shape index (κ1) is 16.2. The summed E-state index contributed by atoms with van der Waals surface area (Å²) in [5.41, 5.74) is 1.73. The molecule has 26 heavy (non-hydrogen) atoms. The summed E-state index contributed by atoms with van der Waals surface area (Å²) in [5.74, 6) is -0.594. The maximum Gasteiger partial charge on any atom is 0.265 e. The molecule has 2 heterocycles. The van der Waals surface area contributed by atoms with Crippen LogP contribution in [0, 0.1) is 23.7 Å². The number of carbonyl (C=O) groups excluding carboxylic acids is 1. The van der Waals surface area contributed by atoms with Crippen LogP contribution in [-0.4, -0.2) is 24.5 Å². The van der Waals surface area contributed by atoms with Crippen molar-refractivity contribution in [3.8, 4) is 0 Å². The molecule has 3 aliphatic rings. The molecular weight excluding hydrogens is 354 g/mol. The molecule has 2 aromatic heterocycles. The third-order valence-corrected chi connectivity index (χ3v) is 7.99. The van der Waals surface area contributed by atoms with Crippen LogP contribution in [-0.2, 0) is 14.8 Å². The predicted octanol–water partition coefficient (Wildman–Crippen LogP) is 2.70. The van der Waals surface area contributed by atoms with Crippen molar-refractivity contribution >= 4 is 27.0 Å². The van der Waals surface area contributed by atoms with E-state index in [0.29, 0.717) is 21.9 Å². The highest BCUT2D eigenvalue weighted by molar-refractivity contribution is 7.90. The lowest BCUT2D eigenvalue weighted by atomic mass is 9.38. The Labute approximate surface area is 151 Å². The Bertz CT molecular complexity index is 1010. The zero-order chi connectivity index (χ0) is 18.2. The summed E-state index contributed by atoms with van der Waals surface area (Å²) in [6.45, 7) is 1.71. The third kappa shape index (κ3) is 2.31. The Hall–Kier alpha value is -1.96. The smallest absolute Gasteiger partial charge is 0.265 e. The van der Waals surface area contributed by atoms with Crippen LogP contribution in [0.25, 0.3) is 11.1 Å². The number of aryl methyl sites for hydroxylation is 1. The second-order valence-corrected chi connectivity index (χ2v) is 10.3. The topological polar surface area (TPSA) is 102 Å². The van der Waals surface area contributed by atoms with E-state index in [1.165, 1.54) is 44.4 Å². The second kappa shape index (κ2) is 5.06. The number of nitrogens with one attached hydrogen (secondary N) is 1. The minimum atomic E-state index is -3.94. The van der Waals surface area contributed by atoms with Gasteiger partial charge >= 0.3 is 0 Å². The van der Waals surface area contributed by atoms with E-state index < -0.39 is 15.9 Å². The van der Waals surface area contributed by atoms with Crippen LogP contribution in [0.15, 0.2) is 21.7 Å². The maximum absolute atomic E-state index is 12.5. The van der Waals surface area contributed by atoms with Crippen molar-refractivity contribution in [2.45, 2.75) is 56.8 Å². The number of amides is 1. The number of fused-ring (bicyclic) bond motifs is 1. The highest BCUT2D eigenvalue weighted by atomic mass is 32.2. The van der Waals surface area contributed by atoms with Crippen LogP contribution in [0.1, 0.15) is 50.6 Å². The lowest BCUT2D eigenvalue weighted by molar-refractivity contribution is -0.171. The van der Waals surface area contributed by atoms with Gasteiger partial charge in [0, 0.05) is 5.92 Å². The average Bonchev–Trinajstić information content (AvgIpc) is 2.83. The maximum atomic E-state index is 12.5. The highest BCUT2D eigenvalue weighted by Crippen LogP contribution is 2.72. The average molecular weight is 375 g/mol. The molecule has 0 bridgehead atoms. The standard InChI is InChI=1S/C18H21N3O4S/c1-11-14-5-13(8-19-16(14)25-20-11)26(23,24)21-15(22)12-6-18(7-12)9-17(10-18)3-2-4-17/h5,8,12H,2-4,6-7,9-10H2,1H3,(H,21,22). The van der Waals surface area contributed by atoms with Crippen molar-refractivity contribution in [3.05, 3.63) is 18.0 Å². The molecule has 0 aromatic carbocycles. The molecule has 138 valence electrons. The van der Waals surface area contributed by atoms with Gasteiger partial charge in [0.25, 0.3) is 15.7 Å². The Balaban J connectivity index is 1.26. The van der Waals surface area contributed by atoms with Gasteiger partial charge in [0.05, 0.1) is 17.3 Å². The van der Waals surface area contributed by atoms with Gasteiger partial charge in [-0.25, -0.2) is 18.1 Å². The summed E-state index contributed by atoms with van der Waals surface area (Å²) >= 11 is 0. The van der Waals surface area contributed by atoms with E-state index in [1.54, 1.807) is 6.92 Å². The summed E-state index contributed by atoms with van der Waals surface area (Å²) in [5, 5.41) is 4.30. The summed E-state index contributed by atoms with van der Waals surface area (Å²) in [6, 6.07) is 1.44. The van der Waals surface area contributed by atoms with Gasteiger partial charge in [-0.1, -0.05) is 11.6 Å². The second-order valence-electron chi connectivity index (χ2n) is 8.57.